The quantitative estimate of drug-likeness (QED) is 0.863. The maximum atomic E-state index is 10.2. The Morgan fingerprint density at radius 3 is 2.88 bits per heavy atom. The van der Waals surface area contributed by atoms with Gasteiger partial charge in [-0.25, -0.2) is 0 Å². The van der Waals surface area contributed by atoms with E-state index in [-0.39, 0.29) is 12.2 Å². The summed E-state index contributed by atoms with van der Waals surface area (Å²) in [5.41, 5.74) is 2.16. The molecule has 0 saturated carbocycles. The summed E-state index contributed by atoms with van der Waals surface area (Å²) in [7, 11) is 1.93. The Morgan fingerprint density at radius 1 is 1.59 bits per heavy atom. The molecule has 0 aliphatic carbocycles. The highest BCUT2D eigenvalue weighted by Gasteiger charge is 2.28. The largest absolute Gasteiger partial charge is 0.390 e. The van der Waals surface area contributed by atoms with Crippen LogP contribution in [0.4, 0.5) is 0 Å². The lowest BCUT2D eigenvalue weighted by molar-refractivity contribution is -0.0284. The molecule has 1 fully saturated rings. The van der Waals surface area contributed by atoms with Crippen molar-refractivity contribution in [2.24, 2.45) is 7.05 Å². The Balaban J connectivity index is 1.97. The second-order valence-corrected chi connectivity index (χ2v) is 4.94. The number of aliphatic hydroxyl groups excluding tert-OH is 1. The minimum absolute atomic E-state index is 0.00928. The van der Waals surface area contributed by atoms with Crippen molar-refractivity contribution in [3.05, 3.63) is 17.5 Å². The molecule has 1 aromatic heterocycles. The Labute approximate surface area is 103 Å². The average Bonchev–Trinajstić information content (AvgIpc) is 2.86. The molecule has 2 rings (SSSR count). The lowest BCUT2D eigenvalue weighted by Gasteiger charge is -2.18. The molecule has 3 unspecified atom stereocenters. The van der Waals surface area contributed by atoms with Crippen LogP contribution in [-0.4, -0.2) is 33.2 Å². The van der Waals surface area contributed by atoms with Gasteiger partial charge in [-0.05, 0) is 32.3 Å². The minimum atomic E-state index is -0.417. The van der Waals surface area contributed by atoms with E-state index in [1.165, 1.54) is 0 Å². The molecular weight excluding hydrogens is 216 g/mol. The van der Waals surface area contributed by atoms with Gasteiger partial charge >= 0.3 is 0 Å². The van der Waals surface area contributed by atoms with Crippen molar-refractivity contribution in [2.45, 2.75) is 57.8 Å². The van der Waals surface area contributed by atoms with Crippen LogP contribution in [0.1, 0.15) is 38.1 Å². The van der Waals surface area contributed by atoms with Crippen LogP contribution < -0.4 is 0 Å². The number of nitrogens with zero attached hydrogens (tertiary/aromatic N) is 2. The third kappa shape index (κ3) is 2.87. The van der Waals surface area contributed by atoms with Gasteiger partial charge in [-0.2, -0.15) is 5.10 Å². The van der Waals surface area contributed by atoms with E-state index in [1.54, 1.807) is 0 Å². The van der Waals surface area contributed by atoms with Gasteiger partial charge in [0.05, 0.1) is 24.0 Å². The molecule has 0 amide bonds. The lowest BCUT2D eigenvalue weighted by Crippen LogP contribution is -2.28. The second-order valence-electron chi connectivity index (χ2n) is 4.94. The topological polar surface area (TPSA) is 47.3 Å². The van der Waals surface area contributed by atoms with Gasteiger partial charge in [-0.1, -0.05) is 6.92 Å². The van der Waals surface area contributed by atoms with Gasteiger partial charge in [0.2, 0.25) is 0 Å². The molecule has 1 aliphatic rings. The molecule has 1 aromatic rings. The molecule has 0 spiro atoms. The predicted molar refractivity (Wildman–Crippen MR) is 65.9 cm³/mol. The molecule has 3 atom stereocenters. The molecule has 17 heavy (non-hydrogen) atoms. The minimum Gasteiger partial charge on any atom is -0.390 e. The number of rotatable bonds is 4. The fourth-order valence-corrected chi connectivity index (χ4v) is 2.40. The van der Waals surface area contributed by atoms with E-state index in [1.807, 2.05) is 11.7 Å². The SMILES string of the molecule is CCc1cc(CC(O)C2CCC(C)O2)n(C)n1. The first-order valence-electron chi connectivity index (χ1n) is 6.45. The van der Waals surface area contributed by atoms with E-state index >= 15 is 0 Å². The zero-order valence-corrected chi connectivity index (χ0v) is 10.9. The van der Waals surface area contributed by atoms with E-state index in [9.17, 15) is 5.11 Å². The number of aliphatic hydroxyl groups is 1. The average molecular weight is 238 g/mol. The van der Waals surface area contributed by atoms with Crippen LogP contribution in [0.3, 0.4) is 0 Å². The lowest BCUT2D eigenvalue weighted by atomic mass is 10.1. The molecular formula is C13H22N2O2. The Morgan fingerprint density at radius 2 is 2.35 bits per heavy atom. The fraction of sp³-hybridized carbons (Fsp3) is 0.769. The number of aromatic nitrogens is 2. The van der Waals surface area contributed by atoms with Crippen molar-refractivity contribution in [2.75, 3.05) is 0 Å². The van der Waals surface area contributed by atoms with Crippen molar-refractivity contribution in [1.29, 1.82) is 0 Å². The summed E-state index contributed by atoms with van der Waals surface area (Å²) in [5.74, 6) is 0. The van der Waals surface area contributed by atoms with Crippen molar-refractivity contribution >= 4 is 0 Å². The zero-order chi connectivity index (χ0) is 12.4. The van der Waals surface area contributed by atoms with Crippen molar-refractivity contribution in [1.82, 2.24) is 9.78 Å². The van der Waals surface area contributed by atoms with Gasteiger partial charge in [-0.3, -0.25) is 4.68 Å². The highest BCUT2D eigenvalue weighted by atomic mass is 16.5. The van der Waals surface area contributed by atoms with E-state index in [4.69, 9.17) is 4.74 Å². The van der Waals surface area contributed by atoms with E-state index in [0.717, 1.165) is 30.7 Å². The third-order valence-corrected chi connectivity index (χ3v) is 3.50. The zero-order valence-electron chi connectivity index (χ0n) is 10.9. The molecule has 4 nitrogen and oxygen atoms in total. The van der Waals surface area contributed by atoms with Crippen LogP contribution >= 0.6 is 0 Å². The van der Waals surface area contributed by atoms with Gasteiger partial charge in [0.15, 0.2) is 0 Å². The smallest absolute Gasteiger partial charge is 0.0857 e. The standard InChI is InChI=1S/C13H22N2O2/c1-4-10-7-11(15(3)14-10)8-12(16)13-6-5-9(2)17-13/h7,9,12-13,16H,4-6,8H2,1-3H3. The first kappa shape index (κ1) is 12.6. The van der Waals surface area contributed by atoms with Gasteiger partial charge in [0.1, 0.15) is 0 Å². The highest BCUT2D eigenvalue weighted by Crippen LogP contribution is 2.23. The normalized spacial score (nSPS) is 26.4. The number of ether oxygens (including phenoxy) is 1. The number of hydrogen-bond donors (Lipinski definition) is 1. The summed E-state index contributed by atoms with van der Waals surface area (Å²) in [6.45, 7) is 4.15. The van der Waals surface area contributed by atoms with Crippen LogP contribution in [0.2, 0.25) is 0 Å². The van der Waals surface area contributed by atoms with Crippen LogP contribution in [0.25, 0.3) is 0 Å². The van der Waals surface area contributed by atoms with Crippen LogP contribution in [0.15, 0.2) is 6.07 Å². The molecule has 0 aromatic carbocycles. The highest BCUT2D eigenvalue weighted by molar-refractivity contribution is 5.11. The Kier molecular flexibility index (Phi) is 3.84. The Bertz CT molecular complexity index is 375. The first-order valence-corrected chi connectivity index (χ1v) is 6.45. The molecule has 0 radical (unpaired) electrons. The summed E-state index contributed by atoms with van der Waals surface area (Å²) >= 11 is 0. The molecule has 0 bridgehead atoms. The molecule has 2 heterocycles. The summed E-state index contributed by atoms with van der Waals surface area (Å²) in [5, 5.41) is 14.5. The summed E-state index contributed by atoms with van der Waals surface area (Å²) < 4.78 is 7.55. The molecule has 96 valence electrons. The summed E-state index contributed by atoms with van der Waals surface area (Å²) in [4.78, 5) is 0. The van der Waals surface area contributed by atoms with E-state index < -0.39 is 6.10 Å². The maximum absolute atomic E-state index is 10.2. The van der Waals surface area contributed by atoms with Crippen LogP contribution in [-0.2, 0) is 24.6 Å². The van der Waals surface area contributed by atoms with Crippen molar-refractivity contribution in [3.63, 3.8) is 0 Å². The first-order chi connectivity index (χ1) is 8.10. The monoisotopic (exact) mass is 238 g/mol. The number of hydrogen-bond acceptors (Lipinski definition) is 3. The van der Waals surface area contributed by atoms with Crippen LogP contribution in [0, 0.1) is 0 Å². The fourth-order valence-electron chi connectivity index (χ4n) is 2.40. The second kappa shape index (κ2) is 5.19. The molecule has 1 aliphatic heterocycles. The summed E-state index contributed by atoms with van der Waals surface area (Å²) in [6.07, 6.45) is 3.42. The van der Waals surface area contributed by atoms with Gasteiger partial charge in [0, 0.05) is 19.2 Å². The van der Waals surface area contributed by atoms with Crippen molar-refractivity contribution < 1.29 is 9.84 Å². The van der Waals surface area contributed by atoms with Gasteiger partial charge in [-0.15, -0.1) is 0 Å². The van der Waals surface area contributed by atoms with E-state index in [0.29, 0.717) is 6.42 Å². The summed E-state index contributed by atoms with van der Waals surface area (Å²) in [6, 6.07) is 2.07. The van der Waals surface area contributed by atoms with E-state index in [2.05, 4.69) is 25.0 Å². The van der Waals surface area contributed by atoms with Gasteiger partial charge < -0.3 is 9.84 Å². The van der Waals surface area contributed by atoms with Gasteiger partial charge in [0.25, 0.3) is 0 Å². The molecule has 4 heteroatoms. The van der Waals surface area contributed by atoms with Crippen molar-refractivity contribution in [3.8, 4) is 0 Å². The maximum Gasteiger partial charge on any atom is 0.0857 e. The molecule has 1 saturated heterocycles. The molecule has 1 N–H and O–H groups in total. The number of aryl methyl sites for hydroxylation is 2. The van der Waals surface area contributed by atoms with Crippen LogP contribution in [0.5, 0.6) is 0 Å². The predicted octanol–water partition coefficient (Wildman–Crippen LogP) is 1.45. The third-order valence-electron chi connectivity index (χ3n) is 3.50. The Hall–Kier alpha value is -0.870.